The molecule has 27 heavy (non-hydrogen) atoms. The number of nitrogens with one attached hydrogen (secondary N) is 1. The number of likely N-dealkylation sites (tertiary alicyclic amines) is 2. The van der Waals surface area contributed by atoms with Crippen molar-refractivity contribution in [1.29, 1.82) is 0 Å². The summed E-state index contributed by atoms with van der Waals surface area (Å²) >= 11 is 0. The second-order valence-electron chi connectivity index (χ2n) is 8.07. The van der Waals surface area contributed by atoms with Gasteiger partial charge in [-0.05, 0) is 43.9 Å². The lowest BCUT2D eigenvalue weighted by molar-refractivity contribution is 0.0424. The maximum atomic E-state index is 12.4. The fourth-order valence-electron chi connectivity index (χ4n) is 4.55. The SMILES string of the molecule is COc1ccccc1OC1CN(C(=O)NC[C@@H]2CCN(C3CCCC3)C2)C1. The molecule has 0 unspecified atom stereocenters. The minimum Gasteiger partial charge on any atom is -0.493 e. The molecule has 4 rings (SSSR count). The molecule has 0 spiro atoms. The van der Waals surface area contributed by atoms with Crippen LogP contribution >= 0.6 is 0 Å². The van der Waals surface area contributed by atoms with E-state index in [2.05, 4.69) is 10.2 Å². The average molecular weight is 373 g/mol. The number of ether oxygens (including phenoxy) is 2. The Kier molecular flexibility index (Phi) is 5.72. The predicted molar refractivity (Wildman–Crippen MR) is 104 cm³/mol. The molecule has 6 heteroatoms. The Bertz CT molecular complexity index is 641. The molecule has 1 aromatic rings. The monoisotopic (exact) mass is 373 g/mol. The molecular formula is C21H31N3O3. The molecule has 1 saturated carbocycles. The number of methoxy groups -OCH3 is 1. The fraction of sp³-hybridized carbons (Fsp3) is 0.667. The maximum absolute atomic E-state index is 12.4. The number of carbonyl (C=O) groups is 1. The number of benzene rings is 1. The molecule has 6 nitrogen and oxygen atoms in total. The van der Waals surface area contributed by atoms with Gasteiger partial charge in [0, 0.05) is 19.1 Å². The zero-order valence-electron chi connectivity index (χ0n) is 16.2. The summed E-state index contributed by atoms with van der Waals surface area (Å²) in [6.07, 6.45) is 6.74. The summed E-state index contributed by atoms with van der Waals surface area (Å²) in [5.74, 6) is 2.06. The summed E-state index contributed by atoms with van der Waals surface area (Å²) in [6.45, 7) is 4.39. The smallest absolute Gasteiger partial charge is 0.317 e. The Balaban J connectivity index is 1.16. The van der Waals surface area contributed by atoms with Crippen molar-refractivity contribution in [3.05, 3.63) is 24.3 Å². The Morgan fingerprint density at radius 3 is 2.59 bits per heavy atom. The molecule has 2 aliphatic heterocycles. The quantitative estimate of drug-likeness (QED) is 0.833. The second kappa shape index (κ2) is 8.38. The van der Waals surface area contributed by atoms with Crippen LogP contribution in [0.15, 0.2) is 24.3 Å². The second-order valence-corrected chi connectivity index (χ2v) is 8.07. The van der Waals surface area contributed by atoms with Crippen molar-refractivity contribution in [2.75, 3.05) is 39.8 Å². The highest BCUT2D eigenvalue weighted by Gasteiger charge is 2.34. The lowest BCUT2D eigenvalue weighted by Crippen LogP contribution is -2.59. The van der Waals surface area contributed by atoms with E-state index in [1.54, 1.807) is 7.11 Å². The molecule has 0 bridgehead atoms. The highest BCUT2D eigenvalue weighted by Crippen LogP contribution is 2.29. The summed E-state index contributed by atoms with van der Waals surface area (Å²) in [5.41, 5.74) is 0. The van der Waals surface area contributed by atoms with Crippen molar-refractivity contribution in [2.45, 2.75) is 44.2 Å². The topological polar surface area (TPSA) is 54.0 Å². The van der Waals surface area contributed by atoms with Crippen LogP contribution in [0.1, 0.15) is 32.1 Å². The fourth-order valence-corrected chi connectivity index (χ4v) is 4.55. The lowest BCUT2D eigenvalue weighted by atomic mass is 10.1. The molecule has 1 aliphatic carbocycles. The van der Waals surface area contributed by atoms with E-state index in [9.17, 15) is 4.79 Å². The number of para-hydroxylation sites is 2. The Hall–Kier alpha value is -1.95. The van der Waals surface area contributed by atoms with Crippen molar-refractivity contribution in [3.63, 3.8) is 0 Å². The summed E-state index contributed by atoms with van der Waals surface area (Å²) in [5, 5.41) is 3.12. The van der Waals surface area contributed by atoms with Crippen LogP contribution in [0.3, 0.4) is 0 Å². The molecule has 0 aromatic heterocycles. The largest absolute Gasteiger partial charge is 0.493 e. The van der Waals surface area contributed by atoms with Gasteiger partial charge in [-0.3, -0.25) is 0 Å². The van der Waals surface area contributed by atoms with Gasteiger partial charge in [-0.1, -0.05) is 25.0 Å². The third-order valence-electron chi connectivity index (χ3n) is 6.20. The number of carbonyl (C=O) groups excluding carboxylic acids is 1. The van der Waals surface area contributed by atoms with E-state index in [0.717, 1.165) is 30.6 Å². The number of nitrogens with zero attached hydrogens (tertiary/aromatic N) is 2. The molecule has 0 radical (unpaired) electrons. The number of rotatable bonds is 6. The van der Waals surface area contributed by atoms with Gasteiger partial charge in [-0.15, -0.1) is 0 Å². The van der Waals surface area contributed by atoms with Crippen LogP contribution in [-0.2, 0) is 0 Å². The molecule has 1 atom stereocenters. The average Bonchev–Trinajstić information content (AvgIpc) is 3.34. The summed E-state index contributed by atoms with van der Waals surface area (Å²) in [7, 11) is 1.64. The highest BCUT2D eigenvalue weighted by atomic mass is 16.5. The van der Waals surface area contributed by atoms with Gasteiger partial charge in [-0.25, -0.2) is 4.79 Å². The first-order valence-electron chi connectivity index (χ1n) is 10.3. The molecular weight excluding hydrogens is 342 g/mol. The van der Waals surface area contributed by atoms with Crippen molar-refractivity contribution < 1.29 is 14.3 Å². The Morgan fingerprint density at radius 2 is 1.85 bits per heavy atom. The van der Waals surface area contributed by atoms with Crippen LogP contribution in [-0.4, -0.2) is 67.8 Å². The van der Waals surface area contributed by atoms with Gasteiger partial charge in [-0.2, -0.15) is 0 Å². The molecule has 2 heterocycles. The van der Waals surface area contributed by atoms with E-state index < -0.39 is 0 Å². The first-order chi connectivity index (χ1) is 13.2. The van der Waals surface area contributed by atoms with Gasteiger partial charge >= 0.3 is 6.03 Å². The normalized spacial score (nSPS) is 24.0. The van der Waals surface area contributed by atoms with Gasteiger partial charge in [0.15, 0.2) is 11.5 Å². The van der Waals surface area contributed by atoms with E-state index in [-0.39, 0.29) is 12.1 Å². The van der Waals surface area contributed by atoms with Crippen molar-refractivity contribution in [1.82, 2.24) is 15.1 Å². The van der Waals surface area contributed by atoms with Crippen LogP contribution < -0.4 is 14.8 Å². The number of urea groups is 1. The van der Waals surface area contributed by atoms with Crippen molar-refractivity contribution in [3.8, 4) is 11.5 Å². The van der Waals surface area contributed by atoms with Crippen molar-refractivity contribution in [2.24, 2.45) is 5.92 Å². The predicted octanol–water partition coefficient (Wildman–Crippen LogP) is 2.73. The zero-order valence-corrected chi connectivity index (χ0v) is 16.2. The molecule has 3 aliphatic rings. The van der Waals surface area contributed by atoms with E-state index in [1.807, 2.05) is 29.2 Å². The minimum atomic E-state index is 0.0363. The van der Waals surface area contributed by atoms with E-state index in [0.29, 0.717) is 19.0 Å². The van der Waals surface area contributed by atoms with Gasteiger partial charge in [0.05, 0.1) is 20.2 Å². The Labute approximate surface area is 161 Å². The van der Waals surface area contributed by atoms with Gasteiger partial charge in [0.1, 0.15) is 6.10 Å². The standard InChI is InChI=1S/C21H31N3O3/c1-26-19-8-4-5-9-20(19)27-18-14-24(15-18)21(25)22-12-16-10-11-23(13-16)17-6-2-3-7-17/h4-5,8-9,16-18H,2-3,6-7,10-15H2,1H3,(H,22,25)/t16-/m0/s1. The van der Waals surface area contributed by atoms with Gasteiger partial charge < -0.3 is 24.6 Å². The molecule has 2 amide bonds. The third kappa shape index (κ3) is 4.32. The molecule has 1 aromatic carbocycles. The molecule has 3 fully saturated rings. The van der Waals surface area contributed by atoms with E-state index in [1.165, 1.54) is 38.6 Å². The van der Waals surface area contributed by atoms with Gasteiger partial charge in [0.25, 0.3) is 0 Å². The van der Waals surface area contributed by atoms with E-state index >= 15 is 0 Å². The van der Waals surface area contributed by atoms with E-state index in [4.69, 9.17) is 9.47 Å². The Morgan fingerprint density at radius 1 is 1.11 bits per heavy atom. The van der Waals surface area contributed by atoms with Crippen LogP contribution in [0, 0.1) is 5.92 Å². The first kappa shape index (κ1) is 18.4. The van der Waals surface area contributed by atoms with Gasteiger partial charge in [0.2, 0.25) is 0 Å². The third-order valence-corrected chi connectivity index (χ3v) is 6.20. The minimum absolute atomic E-state index is 0.0363. The van der Waals surface area contributed by atoms with Crippen LogP contribution in [0.25, 0.3) is 0 Å². The van der Waals surface area contributed by atoms with Crippen LogP contribution in [0.2, 0.25) is 0 Å². The lowest BCUT2D eigenvalue weighted by Gasteiger charge is -2.39. The van der Waals surface area contributed by atoms with Crippen molar-refractivity contribution >= 4 is 6.03 Å². The summed E-state index contributed by atoms with van der Waals surface area (Å²) in [4.78, 5) is 16.8. The highest BCUT2D eigenvalue weighted by molar-refractivity contribution is 5.75. The van der Waals surface area contributed by atoms with Crippen LogP contribution in [0.4, 0.5) is 4.79 Å². The number of hydrogen-bond donors (Lipinski definition) is 1. The summed E-state index contributed by atoms with van der Waals surface area (Å²) < 4.78 is 11.3. The van der Waals surface area contributed by atoms with Crippen LogP contribution in [0.5, 0.6) is 11.5 Å². The first-order valence-corrected chi connectivity index (χ1v) is 10.3. The number of hydrogen-bond acceptors (Lipinski definition) is 4. The zero-order chi connectivity index (χ0) is 18.6. The summed E-state index contributed by atoms with van der Waals surface area (Å²) in [6, 6.07) is 8.47. The molecule has 2 saturated heterocycles. The molecule has 1 N–H and O–H groups in total. The number of amides is 2. The maximum Gasteiger partial charge on any atom is 0.317 e. The molecule has 148 valence electrons.